The van der Waals surface area contributed by atoms with E-state index >= 15 is 0 Å². The zero-order chi connectivity index (χ0) is 16.3. The van der Waals surface area contributed by atoms with E-state index in [4.69, 9.17) is 5.11 Å². The van der Waals surface area contributed by atoms with Crippen LogP contribution in [0.15, 0.2) is 29.1 Å². The number of hydrogen-bond acceptors (Lipinski definition) is 3. The van der Waals surface area contributed by atoms with Gasteiger partial charge < -0.3 is 10.4 Å². The lowest BCUT2D eigenvalue weighted by Gasteiger charge is -2.21. The number of nitrogens with one attached hydrogen (secondary N) is 1. The third-order valence-electron chi connectivity index (χ3n) is 3.94. The van der Waals surface area contributed by atoms with Crippen molar-refractivity contribution in [3.8, 4) is 0 Å². The zero-order valence-corrected chi connectivity index (χ0v) is 13.2. The van der Waals surface area contributed by atoms with Gasteiger partial charge in [-0.15, -0.1) is 0 Å². The molecule has 1 amide bonds. The topological polar surface area (TPSA) is 76.3 Å². The fraction of sp³-hybridized carbons (Fsp3) is 0.500. The number of aliphatic hydroxyl groups is 1. The molecule has 120 valence electrons. The molecule has 22 heavy (non-hydrogen) atoms. The Balaban J connectivity index is 2.22. The minimum absolute atomic E-state index is 0.0190. The van der Waals surface area contributed by atoms with E-state index in [1.807, 2.05) is 38.1 Å². The van der Waals surface area contributed by atoms with Gasteiger partial charge in [0.1, 0.15) is 6.54 Å². The Morgan fingerprint density at radius 1 is 1.27 bits per heavy atom. The van der Waals surface area contributed by atoms with Gasteiger partial charge in [-0.3, -0.25) is 13.9 Å². The largest absolute Gasteiger partial charge is 0.396 e. The van der Waals surface area contributed by atoms with Crippen molar-refractivity contribution in [2.75, 3.05) is 6.61 Å². The molecule has 1 heterocycles. The highest BCUT2D eigenvalue weighted by molar-refractivity contribution is 5.81. The van der Waals surface area contributed by atoms with Gasteiger partial charge in [-0.1, -0.05) is 26.0 Å². The highest BCUT2D eigenvalue weighted by atomic mass is 16.3. The van der Waals surface area contributed by atoms with Crippen molar-refractivity contribution in [1.29, 1.82) is 0 Å². The van der Waals surface area contributed by atoms with E-state index in [1.54, 1.807) is 7.05 Å². The second kappa shape index (κ2) is 6.79. The summed E-state index contributed by atoms with van der Waals surface area (Å²) in [5.74, 6) is 0.00550. The van der Waals surface area contributed by atoms with Gasteiger partial charge in [0.05, 0.1) is 11.0 Å². The van der Waals surface area contributed by atoms with Gasteiger partial charge in [-0.25, -0.2) is 4.79 Å². The molecule has 6 heteroatoms. The number of carbonyl (C=O) groups is 1. The summed E-state index contributed by atoms with van der Waals surface area (Å²) in [4.78, 5) is 24.5. The smallest absolute Gasteiger partial charge is 0.329 e. The van der Waals surface area contributed by atoms with E-state index in [9.17, 15) is 9.59 Å². The van der Waals surface area contributed by atoms with Crippen molar-refractivity contribution in [3.05, 3.63) is 34.7 Å². The molecule has 0 spiro atoms. The molecule has 1 aromatic heterocycles. The number of carbonyl (C=O) groups excluding carboxylic acids is 1. The normalized spacial score (nSPS) is 12.8. The third kappa shape index (κ3) is 3.22. The molecule has 0 aliphatic heterocycles. The average molecular weight is 305 g/mol. The van der Waals surface area contributed by atoms with Gasteiger partial charge in [-0.2, -0.15) is 0 Å². The van der Waals surface area contributed by atoms with E-state index in [2.05, 4.69) is 5.32 Å². The molecule has 0 bridgehead atoms. The second-order valence-electron chi connectivity index (χ2n) is 5.85. The first-order valence-electron chi connectivity index (χ1n) is 7.50. The average Bonchev–Trinajstić information content (AvgIpc) is 2.72. The van der Waals surface area contributed by atoms with Crippen LogP contribution in [0.4, 0.5) is 0 Å². The van der Waals surface area contributed by atoms with Crippen molar-refractivity contribution in [2.45, 2.75) is 32.9 Å². The molecule has 1 atom stereocenters. The summed E-state index contributed by atoms with van der Waals surface area (Å²) in [6.45, 7) is 3.99. The first kappa shape index (κ1) is 16.3. The van der Waals surface area contributed by atoms with Crippen LogP contribution in [0.1, 0.15) is 20.3 Å². The number of benzene rings is 1. The van der Waals surface area contributed by atoms with Crippen LogP contribution in [-0.4, -0.2) is 32.8 Å². The number of aromatic nitrogens is 2. The van der Waals surface area contributed by atoms with E-state index in [-0.39, 0.29) is 36.7 Å². The highest BCUT2D eigenvalue weighted by Crippen LogP contribution is 2.11. The molecular weight excluding hydrogens is 282 g/mol. The van der Waals surface area contributed by atoms with E-state index < -0.39 is 0 Å². The maximum absolute atomic E-state index is 12.3. The molecule has 0 saturated carbocycles. The van der Waals surface area contributed by atoms with Crippen molar-refractivity contribution in [2.24, 2.45) is 13.0 Å². The zero-order valence-electron chi connectivity index (χ0n) is 13.2. The van der Waals surface area contributed by atoms with Crippen molar-refractivity contribution in [3.63, 3.8) is 0 Å². The number of rotatable bonds is 6. The van der Waals surface area contributed by atoms with Crippen LogP contribution in [0.3, 0.4) is 0 Å². The SMILES string of the molecule is CC(C)C(CCO)NC(=O)Cn1c(=O)n(C)c2ccccc21. The summed E-state index contributed by atoms with van der Waals surface area (Å²) in [5.41, 5.74) is 1.34. The summed E-state index contributed by atoms with van der Waals surface area (Å²) < 4.78 is 3.01. The number of fused-ring (bicyclic) bond motifs is 1. The van der Waals surface area contributed by atoms with Gasteiger partial charge >= 0.3 is 5.69 Å². The number of nitrogens with zero attached hydrogens (tertiary/aromatic N) is 2. The summed E-state index contributed by atoms with van der Waals surface area (Å²) in [6, 6.07) is 7.30. The maximum Gasteiger partial charge on any atom is 0.329 e. The van der Waals surface area contributed by atoms with Crippen LogP contribution in [0, 0.1) is 5.92 Å². The molecule has 1 unspecified atom stereocenters. The van der Waals surface area contributed by atoms with Crippen LogP contribution in [0.5, 0.6) is 0 Å². The van der Waals surface area contributed by atoms with Crippen LogP contribution in [-0.2, 0) is 18.4 Å². The van der Waals surface area contributed by atoms with Crippen molar-refractivity contribution < 1.29 is 9.90 Å². The monoisotopic (exact) mass is 305 g/mol. The predicted octanol–water partition coefficient (Wildman–Crippen LogP) is 0.863. The molecular formula is C16H23N3O3. The molecule has 2 aromatic rings. The standard InChI is InChI=1S/C16H23N3O3/c1-11(2)12(8-9-20)17-15(21)10-19-14-7-5-4-6-13(14)18(3)16(19)22/h4-7,11-12,20H,8-10H2,1-3H3,(H,17,21). The minimum Gasteiger partial charge on any atom is -0.396 e. The molecule has 2 rings (SSSR count). The van der Waals surface area contributed by atoms with Crippen LogP contribution in [0.25, 0.3) is 11.0 Å². The molecule has 0 aliphatic carbocycles. The lowest BCUT2D eigenvalue weighted by molar-refractivity contribution is -0.122. The number of hydrogen-bond donors (Lipinski definition) is 2. The van der Waals surface area contributed by atoms with Crippen molar-refractivity contribution >= 4 is 16.9 Å². The summed E-state index contributed by atoms with van der Waals surface area (Å²) in [6.07, 6.45) is 0.508. The fourth-order valence-corrected chi connectivity index (χ4v) is 2.62. The van der Waals surface area contributed by atoms with E-state index in [0.717, 1.165) is 11.0 Å². The van der Waals surface area contributed by atoms with Gasteiger partial charge in [0, 0.05) is 19.7 Å². The number of amides is 1. The molecule has 6 nitrogen and oxygen atoms in total. The number of imidazole rings is 1. The molecule has 2 N–H and O–H groups in total. The first-order chi connectivity index (χ1) is 10.5. The lowest BCUT2D eigenvalue weighted by Crippen LogP contribution is -2.42. The highest BCUT2D eigenvalue weighted by Gasteiger charge is 2.18. The Morgan fingerprint density at radius 3 is 2.50 bits per heavy atom. The lowest BCUT2D eigenvalue weighted by atomic mass is 10.0. The predicted molar refractivity (Wildman–Crippen MR) is 85.7 cm³/mol. The third-order valence-corrected chi connectivity index (χ3v) is 3.94. The van der Waals surface area contributed by atoms with Gasteiger partial charge in [0.2, 0.25) is 5.91 Å². The summed E-state index contributed by atoms with van der Waals surface area (Å²) in [5, 5.41) is 12.0. The van der Waals surface area contributed by atoms with Gasteiger partial charge in [-0.05, 0) is 24.5 Å². The molecule has 1 aromatic carbocycles. The second-order valence-corrected chi connectivity index (χ2v) is 5.85. The van der Waals surface area contributed by atoms with E-state index in [1.165, 1.54) is 9.13 Å². The summed E-state index contributed by atoms with van der Waals surface area (Å²) >= 11 is 0. The molecule has 0 fully saturated rings. The van der Waals surface area contributed by atoms with Crippen LogP contribution >= 0.6 is 0 Å². The maximum atomic E-state index is 12.3. The Morgan fingerprint density at radius 2 is 1.91 bits per heavy atom. The Labute approximate surface area is 129 Å². The first-order valence-corrected chi connectivity index (χ1v) is 7.50. The van der Waals surface area contributed by atoms with Gasteiger partial charge in [0.25, 0.3) is 0 Å². The molecule has 0 saturated heterocycles. The van der Waals surface area contributed by atoms with Gasteiger partial charge in [0.15, 0.2) is 0 Å². The summed E-state index contributed by atoms with van der Waals surface area (Å²) in [7, 11) is 1.70. The van der Waals surface area contributed by atoms with Crippen molar-refractivity contribution in [1.82, 2.24) is 14.5 Å². The minimum atomic E-state index is -0.217. The Hall–Kier alpha value is -2.08. The fourth-order valence-electron chi connectivity index (χ4n) is 2.62. The molecule has 0 aliphatic rings. The number of aryl methyl sites for hydroxylation is 1. The van der Waals surface area contributed by atoms with E-state index in [0.29, 0.717) is 6.42 Å². The van der Waals surface area contributed by atoms with Crippen LogP contribution in [0.2, 0.25) is 0 Å². The Bertz CT molecular complexity index is 715. The number of aliphatic hydroxyl groups excluding tert-OH is 1. The quantitative estimate of drug-likeness (QED) is 0.831. The Kier molecular flexibility index (Phi) is 5.03. The molecule has 0 radical (unpaired) electrons. The number of para-hydroxylation sites is 2. The van der Waals surface area contributed by atoms with Crippen LogP contribution < -0.4 is 11.0 Å².